The minimum Gasteiger partial charge on any atom is -0.334 e. The fourth-order valence-electron chi connectivity index (χ4n) is 2.64. The average Bonchev–Trinajstić information content (AvgIpc) is 2.99. The molecule has 0 aliphatic heterocycles. The van der Waals surface area contributed by atoms with Crippen LogP contribution in [0.25, 0.3) is 22.7 Å². The molecule has 0 saturated heterocycles. The van der Waals surface area contributed by atoms with Crippen molar-refractivity contribution in [2.24, 2.45) is 5.41 Å². The standard InChI is InChI=1S/C16H17N5O/c1-10(16(2)5-6-16)14-19-15(22-21-14)12-9-18-20-13(12)11-4-3-7-17-8-11/h3-4,7-10H,5-6H2,1-2H3,(H,18,20). The van der Waals surface area contributed by atoms with E-state index in [4.69, 9.17) is 4.52 Å². The number of hydrogen-bond acceptors (Lipinski definition) is 5. The quantitative estimate of drug-likeness (QED) is 0.797. The summed E-state index contributed by atoms with van der Waals surface area (Å²) in [4.78, 5) is 8.72. The van der Waals surface area contributed by atoms with Crippen molar-refractivity contribution in [1.82, 2.24) is 25.3 Å². The summed E-state index contributed by atoms with van der Waals surface area (Å²) in [6, 6.07) is 3.85. The smallest absolute Gasteiger partial charge is 0.261 e. The van der Waals surface area contributed by atoms with E-state index in [2.05, 4.69) is 39.2 Å². The van der Waals surface area contributed by atoms with E-state index in [0.717, 1.165) is 22.6 Å². The number of aromatic amines is 1. The summed E-state index contributed by atoms with van der Waals surface area (Å²) < 4.78 is 5.47. The first kappa shape index (κ1) is 13.2. The van der Waals surface area contributed by atoms with Crippen molar-refractivity contribution >= 4 is 0 Å². The lowest BCUT2D eigenvalue weighted by Gasteiger charge is -2.13. The second kappa shape index (κ2) is 4.76. The van der Waals surface area contributed by atoms with Crippen LogP contribution in [0.4, 0.5) is 0 Å². The minimum absolute atomic E-state index is 0.304. The van der Waals surface area contributed by atoms with Crippen LogP contribution >= 0.6 is 0 Å². The van der Waals surface area contributed by atoms with Crippen LogP contribution in [-0.4, -0.2) is 25.3 Å². The second-order valence-electron chi connectivity index (χ2n) is 6.23. The minimum atomic E-state index is 0.304. The first-order valence-corrected chi connectivity index (χ1v) is 7.45. The van der Waals surface area contributed by atoms with Crippen LogP contribution in [0.3, 0.4) is 0 Å². The van der Waals surface area contributed by atoms with Gasteiger partial charge in [0.05, 0.1) is 17.5 Å². The molecule has 1 atom stereocenters. The molecule has 0 aromatic carbocycles. The van der Waals surface area contributed by atoms with Crippen LogP contribution in [0.15, 0.2) is 35.2 Å². The number of hydrogen-bond donors (Lipinski definition) is 1. The molecular formula is C16H17N5O. The van der Waals surface area contributed by atoms with Gasteiger partial charge in [-0.2, -0.15) is 10.1 Å². The van der Waals surface area contributed by atoms with Crippen molar-refractivity contribution in [3.8, 4) is 22.7 Å². The average molecular weight is 295 g/mol. The van der Waals surface area contributed by atoms with Crippen molar-refractivity contribution in [2.75, 3.05) is 0 Å². The number of H-pyrrole nitrogens is 1. The van der Waals surface area contributed by atoms with Gasteiger partial charge in [0, 0.05) is 23.9 Å². The Hall–Kier alpha value is -2.50. The van der Waals surface area contributed by atoms with E-state index < -0.39 is 0 Å². The molecule has 3 heterocycles. The summed E-state index contributed by atoms with van der Waals surface area (Å²) in [5.74, 6) is 1.57. The SMILES string of the molecule is CC(c1noc(-c2cn[nH]c2-c2cccnc2)n1)C1(C)CC1. The predicted octanol–water partition coefficient (Wildman–Crippen LogP) is 3.43. The zero-order valence-corrected chi connectivity index (χ0v) is 12.6. The van der Waals surface area contributed by atoms with Crippen molar-refractivity contribution in [3.05, 3.63) is 36.5 Å². The van der Waals surface area contributed by atoms with Gasteiger partial charge < -0.3 is 4.52 Å². The largest absolute Gasteiger partial charge is 0.334 e. The highest BCUT2D eigenvalue weighted by Gasteiger charge is 2.45. The van der Waals surface area contributed by atoms with Gasteiger partial charge in [0.2, 0.25) is 0 Å². The topological polar surface area (TPSA) is 80.5 Å². The third-order valence-corrected chi connectivity index (χ3v) is 4.73. The molecule has 1 aliphatic rings. The molecule has 3 aromatic rings. The van der Waals surface area contributed by atoms with E-state index in [9.17, 15) is 0 Å². The Morgan fingerprint density at radius 1 is 1.32 bits per heavy atom. The summed E-state index contributed by atoms with van der Waals surface area (Å²) >= 11 is 0. The molecule has 22 heavy (non-hydrogen) atoms. The monoisotopic (exact) mass is 295 g/mol. The van der Waals surface area contributed by atoms with E-state index in [1.807, 2.05) is 12.1 Å². The van der Waals surface area contributed by atoms with Crippen LogP contribution < -0.4 is 0 Å². The van der Waals surface area contributed by atoms with Crippen LogP contribution in [-0.2, 0) is 0 Å². The molecule has 0 spiro atoms. The molecule has 1 unspecified atom stereocenters. The lowest BCUT2D eigenvalue weighted by atomic mass is 9.92. The molecule has 6 heteroatoms. The summed E-state index contributed by atoms with van der Waals surface area (Å²) in [7, 11) is 0. The number of pyridine rings is 1. The van der Waals surface area contributed by atoms with Gasteiger partial charge in [0.25, 0.3) is 5.89 Å². The van der Waals surface area contributed by atoms with E-state index >= 15 is 0 Å². The van der Waals surface area contributed by atoms with Crippen LogP contribution in [0.1, 0.15) is 38.4 Å². The molecule has 4 rings (SSSR count). The Bertz CT molecular complexity index is 788. The normalized spacial score (nSPS) is 17.4. The molecule has 1 saturated carbocycles. The summed E-state index contributed by atoms with van der Waals surface area (Å²) in [5.41, 5.74) is 2.91. The predicted molar refractivity (Wildman–Crippen MR) is 80.9 cm³/mol. The second-order valence-corrected chi connectivity index (χ2v) is 6.23. The first-order valence-electron chi connectivity index (χ1n) is 7.45. The Morgan fingerprint density at radius 2 is 2.18 bits per heavy atom. The Balaban J connectivity index is 1.69. The van der Waals surface area contributed by atoms with Gasteiger partial charge in [-0.1, -0.05) is 19.0 Å². The number of aromatic nitrogens is 5. The van der Waals surface area contributed by atoms with Crippen LogP contribution in [0.2, 0.25) is 0 Å². The zero-order valence-electron chi connectivity index (χ0n) is 12.6. The molecule has 3 aromatic heterocycles. The third kappa shape index (κ3) is 2.11. The molecule has 0 amide bonds. The summed E-state index contributed by atoms with van der Waals surface area (Å²) in [6.07, 6.45) is 7.68. The van der Waals surface area contributed by atoms with Gasteiger partial charge in [0.15, 0.2) is 5.82 Å². The van der Waals surface area contributed by atoms with E-state index in [1.165, 1.54) is 12.8 Å². The van der Waals surface area contributed by atoms with E-state index in [-0.39, 0.29) is 0 Å². The molecular weight excluding hydrogens is 278 g/mol. The summed E-state index contributed by atoms with van der Waals surface area (Å²) in [6.45, 7) is 4.44. The molecule has 1 N–H and O–H groups in total. The molecule has 1 aliphatic carbocycles. The fraction of sp³-hybridized carbons (Fsp3) is 0.375. The summed E-state index contributed by atoms with van der Waals surface area (Å²) in [5, 5.41) is 11.3. The molecule has 6 nitrogen and oxygen atoms in total. The first-order chi connectivity index (χ1) is 10.7. The van der Waals surface area contributed by atoms with E-state index in [0.29, 0.717) is 17.2 Å². The maximum absolute atomic E-state index is 5.47. The Kier molecular flexibility index (Phi) is 2.85. The van der Waals surface area contributed by atoms with Gasteiger partial charge in [-0.15, -0.1) is 0 Å². The van der Waals surface area contributed by atoms with Crippen LogP contribution in [0, 0.1) is 5.41 Å². The molecule has 0 radical (unpaired) electrons. The Morgan fingerprint density at radius 3 is 2.91 bits per heavy atom. The number of nitrogens with zero attached hydrogens (tertiary/aromatic N) is 4. The number of rotatable bonds is 4. The van der Waals surface area contributed by atoms with Crippen molar-refractivity contribution < 1.29 is 4.52 Å². The molecule has 0 bridgehead atoms. The highest BCUT2D eigenvalue weighted by Crippen LogP contribution is 2.54. The van der Waals surface area contributed by atoms with Crippen molar-refractivity contribution in [2.45, 2.75) is 32.6 Å². The van der Waals surface area contributed by atoms with Gasteiger partial charge in [-0.3, -0.25) is 10.1 Å². The maximum Gasteiger partial charge on any atom is 0.261 e. The van der Waals surface area contributed by atoms with Crippen LogP contribution in [0.5, 0.6) is 0 Å². The number of nitrogens with one attached hydrogen (secondary N) is 1. The maximum atomic E-state index is 5.47. The molecule has 112 valence electrons. The Labute approximate surface area is 128 Å². The highest BCUT2D eigenvalue weighted by atomic mass is 16.5. The molecule has 1 fully saturated rings. The zero-order chi connectivity index (χ0) is 15.2. The third-order valence-electron chi connectivity index (χ3n) is 4.73. The van der Waals surface area contributed by atoms with Gasteiger partial charge in [-0.25, -0.2) is 0 Å². The van der Waals surface area contributed by atoms with Crippen molar-refractivity contribution in [3.63, 3.8) is 0 Å². The van der Waals surface area contributed by atoms with E-state index in [1.54, 1.807) is 18.6 Å². The van der Waals surface area contributed by atoms with Crippen molar-refractivity contribution in [1.29, 1.82) is 0 Å². The highest BCUT2D eigenvalue weighted by molar-refractivity contribution is 5.75. The lowest BCUT2D eigenvalue weighted by Crippen LogP contribution is -2.08. The van der Waals surface area contributed by atoms with Gasteiger partial charge in [0.1, 0.15) is 0 Å². The fourth-order valence-corrected chi connectivity index (χ4v) is 2.64. The van der Waals surface area contributed by atoms with Gasteiger partial charge >= 0.3 is 0 Å². The van der Waals surface area contributed by atoms with Gasteiger partial charge in [-0.05, 0) is 30.4 Å². The lowest BCUT2D eigenvalue weighted by molar-refractivity contribution is 0.390.